The number of hydrogen-bond acceptors (Lipinski definition) is 4. The molecule has 6 nitrogen and oxygen atoms in total. The normalized spacial score (nSPS) is 20.6. The Morgan fingerprint density at radius 2 is 2.20 bits per heavy atom. The van der Waals surface area contributed by atoms with Crippen molar-refractivity contribution in [3.63, 3.8) is 0 Å². The second-order valence-corrected chi connectivity index (χ2v) is 5.42. The van der Waals surface area contributed by atoms with Crippen LogP contribution in [0, 0.1) is 12.8 Å². The van der Waals surface area contributed by atoms with Gasteiger partial charge in [-0.25, -0.2) is 14.8 Å². The molecule has 2 amide bonds. The molecule has 1 saturated carbocycles. The van der Waals surface area contributed by atoms with E-state index >= 15 is 0 Å². The Kier molecular flexibility index (Phi) is 3.82. The van der Waals surface area contributed by atoms with Gasteiger partial charge in [0.15, 0.2) is 5.82 Å². The van der Waals surface area contributed by atoms with Crippen molar-refractivity contribution < 1.29 is 9.53 Å². The van der Waals surface area contributed by atoms with E-state index in [1.165, 1.54) is 0 Å². The van der Waals surface area contributed by atoms with Crippen LogP contribution < -0.4 is 5.32 Å². The van der Waals surface area contributed by atoms with Crippen molar-refractivity contribution in [1.82, 2.24) is 20.2 Å². The van der Waals surface area contributed by atoms with E-state index in [2.05, 4.69) is 15.3 Å². The van der Waals surface area contributed by atoms with Gasteiger partial charge in [-0.05, 0) is 31.7 Å². The summed E-state index contributed by atoms with van der Waals surface area (Å²) in [5.74, 6) is 1.20. The fourth-order valence-electron chi connectivity index (χ4n) is 2.43. The van der Waals surface area contributed by atoms with Crippen LogP contribution in [0.25, 0.3) is 0 Å². The molecule has 2 heterocycles. The van der Waals surface area contributed by atoms with Crippen molar-refractivity contribution in [2.24, 2.45) is 5.92 Å². The maximum Gasteiger partial charge on any atom is 0.318 e. The summed E-state index contributed by atoms with van der Waals surface area (Å²) in [7, 11) is 0. The van der Waals surface area contributed by atoms with Gasteiger partial charge in [-0.2, -0.15) is 0 Å². The first-order valence-electron chi connectivity index (χ1n) is 7.17. The minimum Gasteiger partial charge on any atom is -0.378 e. The van der Waals surface area contributed by atoms with Gasteiger partial charge in [0.05, 0.1) is 19.3 Å². The zero-order valence-electron chi connectivity index (χ0n) is 11.7. The molecule has 1 saturated heterocycles. The standard InChI is InChI=1S/C14H20N4O2/c1-10-4-5-15-13(16-10)12(11-2-3-11)17-14(19)18-6-8-20-9-7-18/h4-5,11-12H,2-3,6-9H2,1H3,(H,17,19)/t12-/m0/s1. The molecule has 3 rings (SSSR count). The van der Waals surface area contributed by atoms with Crippen LogP contribution in [0.15, 0.2) is 12.3 Å². The molecule has 108 valence electrons. The molecule has 0 spiro atoms. The zero-order chi connectivity index (χ0) is 13.9. The van der Waals surface area contributed by atoms with E-state index in [-0.39, 0.29) is 12.1 Å². The van der Waals surface area contributed by atoms with Crippen LogP contribution in [0.3, 0.4) is 0 Å². The summed E-state index contributed by atoms with van der Waals surface area (Å²) in [5.41, 5.74) is 0.932. The number of carbonyl (C=O) groups is 1. The fourth-order valence-corrected chi connectivity index (χ4v) is 2.43. The van der Waals surface area contributed by atoms with Crippen LogP contribution >= 0.6 is 0 Å². The first-order chi connectivity index (χ1) is 9.74. The lowest BCUT2D eigenvalue weighted by molar-refractivity contribution is 0.0522. The first kappa shape index (κ1) is 13.3. The summed E-state index contributed by atoms with van der Waals surface area (Å²) in [6.07, 6.45) is 4.02. The third-order valence-electron chi connectivity index (χ3n) is 3.76. The van der Waals surface area contributed by atoms with Crippen LogP contribution in [0.5, 0.6) is 0 Å². The molecule has 1 aromatic heterocycles. The zero-order valence-corrected chi connectivity index (χ0v) is 11.7. The van der Waals surface area contributed by atoms with Crippen LogP contribution in [0.4, 0.5) is 4.79 Å². The third-order valence-corrected chi connectivity index (χ3v) is 3.76. The van der Waals surface area contributed by atoms with Gasteiger partial charge in [-0.3, -0.25) is 0 Å². The molecule has 0 radical (unpaired) electrons. The average molecular weight is 276 g/mol. The van der Waals surface area contributed by atoms with Gasteiger partial charge in [0.2, 0.25) is 0 Å². The number of rotatable bonds is 3. The van der Waals surface area contributed by atoms with Crippen LogP contribution in [-0.4, -0.2) is 47.2 Å². The Bertz CT molecular complexity index is 484. The van der Waals surface area contributed by atoms with E-state index in [0.29, 0.717) is 32.2 Å². The molecule has 1 aliphatic carbocycles. The number of morpholine rings is 1. The van der Waals surface area contributed by atoms with Crippen molar-refractivity contribution in [1.29, 1.82) is 0 Å². The van der Waals surface area contributed by atoms with Gasteiger partial charge in [0.25, 0.3) is 0 Å². The second kappa shape index (κ2) is 5.75. The summed E-state index contributed by atoms with van der Waals surface area (Å²) in [6.45, 7) is 4.47. The number of amides is 2. The minimum absolute atomic E-state index is 0.0321. The topological polar surface area (TPSA) is 67.4 Å². The molecule has 0 unspecified atom stereocenters. The molecule has 1 aromatic rings. The van der Waals surface area contributed by atoms with Crippen molar-refractivity contribution in [3.05, 3.63) is 23.8 Å². The van der Waals surface area contributed by atoms with E-state index in [4.69, 9.17) is 4.74 Å². The van der Waals surface area contributed by atoms with Gasteiger partial charge < -0.3 is 15.0 Å². The van der Waals surface area contributed by atoms with E-state index in [1.54, 1.807) is 11.1 Å². The highest BCUT2D eigenvalue weighted by Gasteiger charge is 2.36. The van der Waals surface area contributed by atoms with Crippen LogP contribution in [0.1, 0.15) is 30.4 Å². The predicted octanol–water partition coefficient (Wildman–Crippen LogP) is 1.28. The largest absolute Gasteiger partial charge is 0.378 e. The molecule has 2 fully saturated rings. The quantitative estimate of drug-likeness (QED) is 0.903. The monoisotopic (exact) mass is 276 g/mol. The van der Waals surface area contributed by atoms with Gasteiger partial charge >= 0.3 is 6.03 Å². The summed E-state index contributed by atoms with van der Waals surface area (Å²) in [4.78, 5) is 22.9. The Morgan fingerprint density at radius 1 is 1.45 bits per heavy atom. The number of carbonyl (C=O) groups excluding carboxylic acids is 1. The van der Waals surface area contributed by atoms with E-state index < -0.39 is 0 Å². The average Bonchev–Trinajstić information content (AvgIpc) is 3.30. The lowest BCUT2D eigenvalue weighted by atomic mass is 10.1. The molecule has 0 aromatic carbocycles. The molecule has 6 heteroatoms. The van der Waals surface area contributed by atoms with E-state index in [0.717, 1.165) is 24.4 Å². The number of nitrogens with zero attached hydrogens (tertiary/aromatic N) is 3. The Hall–Kier alpha value is -1.69. The van der Waals surface area contributed by atoms with Gasteiger partial charge in [0.1, 0.15) is 0 Å². The van der Waals surface area contributed by atoms with Crippen molar-refractivity contribution >= 4 is 6.03 Å². The molecule has 1 aliphatic heterocycles. The van der Waals surface area contributed by atoms with Crippen LogP contribution in [0.2, 0.25) is 0 Å². The molecule has 1 N–H and O–H groups in total. The third kappa shape index (κ3) is 3.07. The van der Waals surface area contributed by atoms with Crippen LogP contribution in [-0.2, 0) is 4.74 Å². The summed E-state index contributed by atoms with van der Waals surface area (Å²) in [5, 5.41) is 3.10. The van der Waals surface area contributed by atoms with Gasteiger partial charge in [0, 0.05) is 25.0 Å². The highest BCUT2D eigenvalue weighted by atomic mass is 16.5. The SMILES string of the molecule is Cc1ccnc([C@@H](NC(=O)N2CCOCC2)C2CC2)n1. The molecule has 2 aliphatic rings. The number of ether oxygens (including phenoxy) is 1. The van der Waals surface area contributed by atoms with E-state index in [1.807, 2.05) is 13.0 Å². The maximum atomic E-state index is 12.3. The predicted molar refractivity (Wildman–Crippen MR) is 73.2 cm³/mol. The number of aryl methyl sites for hydroxylation is 1. The van der Waals surface area contributed by atoms with Crippen molar-refractivity contribution in [2.75, 3.05) is 26.3 Å². The second-order valence-electron chi connectivity index (χ2n) is 5.42. The number of nitrogens with one attached hydrogen (secondary N) is 1. The number of hydrogen-bond donors (Lipinski definition) is 1. The molecular formula is C14H20N4O2. The highest BCUT2D eigenvalue weighted by molar-refractivity contribution is 5.74. The van der Waals surface area contributed by atoms with Gasteiger partial charge in [-0.15, -0.1) is 0 Å². The minimum atomic E-state index is -0.0646. The lowest BCUT2D eigenvalue weighted by Gasteiger charge is -2.29. The molecule has 20 heavy (non-hydrogen) atoms. The Labute approximate surface area is 118 Å². The Balaban J connectivity index is 1.69. The highest BCUT2D eigenvalue weighted by Crippen LogP contribution is 2.40. The first-order valence-corrected chi connectivity index (χ1v) is 7.17. The van der Waals surface area contributed by atoms with Crippen molar-refractivity contribution in [3.8, 4) is 0 Å². The Morgan fingerprint density at radius 3 is 2.85 bits per heavy atom. The fraction of sp³-hybridized carbons (Fsp3) is 0.643. The summed E-state index contributed by atoms with van der Waals surface area (Å²) in [6, 6.07) is 1.78. The molecule has 1 atom stereocenters. The maximum absolute atomic E-state index is 12.3. The number of aromatic nitrogens is 2. The van der Waals surface area contributed by atoms with Gasteiger partial charge in [-0.1, -0.05) is 0 Å². The lowest BCUT2D eigenvalue weighted by Crippen LogP contribution is -2.47. The van der Waals surface area contributed by atoms with Crippen molar-refractivity contribution in [2.45, 2.75) is 25.8 Å². The summed E-state index contributed by atoms with van der Waals surface area (Å²) < 4.78 is 5.27. The summed E-state index contributed by atoms with van der Waals surface area (Å²) >= 11 is 0. The smallest absolute Gasteiger partial charge is 0.318 e. The van der Waals surface area contributed by atoms with E-state index in [9.17, 15) is 4.79 Å². The molecule has 0 bridgehead atoms. The molecular weight excluding hydrogens is 256 g/mol. The number of urea groups is 1.